The second-order valence-electron chi connectivity index (χ2n) is 8.29. The summed E-state index contributed by atoms with van der Waals surface area (Å²) in [6.45, 7) is 8.86. The molecule has 0 spiro atoms. The molecule has 2 heterocycles. The minimum Gasteiger partial charge on any atom is -0.480 e. The van der Waals surface area contributed by atoms with E-state index in [2.05, 4.69) is 56.1 Å². The molecule has 0 amide bonds. The van der Waals surface area contributed by atoms with E-state index in [9.17, 15) is 0 Å². The maximum absolute atomic E-state index is 6.54. The van der Waals surface area contributed by atoms with Crippen LogP contribution in [-0.2, 0) is 0 Å². The van der Waals surface area contributed by atoms with E-state index in [0.717, 1.165) is 34.6 Å². The molecule has 2 nitrogen and oxygen atoms in total. The first kappa shape index (κ1) is 17.4. The number of nitrogens with one attached hydrogen (secondary N) is 1. The minimum atomic E-state index is -0.224. The van der Waals surface area contributed by atoms with E-state index >= 15 is 0 Å². The number of rotatable bonds is 1. The molecular weight excluding hydrogens is 366 g/mol. The fourth-order valence-corrected chi connectivity index (χ4v) is 4.72. The van der Waals surface area contributed by atoms with E-state index in [4.69, 9.17) is 16.3 Å². The molecule has 3 aromatic carbocycles. The maximum Gasteiger partial charge on any atom is 0.150 e. The zero-order valence-electron chi connectivity index (χ0n) is 16.1. The Hall–Kier alpha value is -2.71. The molecule has 0 fully saturated rings. The summed E-state index contributed by atoms with van der Waals surface area (Å²) >= 11 is 6.32. The van der Waals surface area contributed by atoms with E-state index in [0.29, 0.717) is 5.02 Å². The van der Waals surface area contributed by atoms with Crippen molar-refractivity contribution in [1.82, 2.24) is 0 Å². The van der Waals surface area contributed by atoms with Crippen LogP contribution < -0.4 is 10.1 Å². The van der Waals surface area contributed by atoms with Crippen LogP contribution in [0.15, 0.2) is 67.2 Å². The Morgan fingerprint density at radius 2 is 1.86 bits per heavy atom. The molecule has 1 N–H and O–H groups in total. The molecule has 0 radical (unpaired) electrons. The van der Waals surface area contributed by atoms with Crippen molar-refractivity contribution in [3.63, 3.8) is 0 Å². The fraction of sp³-hybridized carbons (Fsp3) is 0.200. The minimum absolute atomic E-state index is 0.0166. The van der Waals surface area contributed by atoms with Crippen LogP contribution in [0.3, 0.4) is 0 Å². The molecular formula is C25H22ClNO. The van der Waals surface area contributed by atoms with Crippen molar-refractivity contribution in [2.45, 2.75) is 31.9 Å². The van der Waals surface area contributed by atoms with Gasteiger partial charge >= 0.3 is 0 Å². The Morgan fingerprint density at radius 3 is 2.68 bits per heavy atom. The van der Waals surface area contributed by atoms with Crippen LogP contribution in [0.1, 0.15) is 43.1 Å². The third kappa shape index (κ3) is 2.71. The van der Waals surface area contributed by atoms with Crippen LogP contribution in [0, 0.1) is 0 Å². The van der Waals surface area contributed by atoms with Crippen molar-refractivity contribution < 1.29 is 4.74 Å². The topological polar surface area (TPSA) is 21.3 Å². The molecule has 0 bridgehead atoms. The Labute approximate surface area is 170 Å². The van der Waals surface area contributed by atoms with Crippen LogP contribution in [0.5, 0.6) is 5.75 Å². The number of ether oxygens (including phenoxy) is 1. The number of hydrogen-bond donors (Lipinski definition) is 1. The summed E-state index contributed by atoms with van der Waals surface area (Å²) in [5, 5.41) is 4.39. The zero-order valence-corrected chi connectivity index (χ0v) is 16.8. The van der Waals surface area contributed by atoms with Crippen molar-refractivity contribution in [2.75, 3.05) is 5.32 Å². The lowest BCUT2D eigenvalue weighted by molar-refractivity contribution is 0.243. The predicted octanol–water partition coefficient (Wildman–Crippen LogP) is 7.10. The summed E-state index contributed by atoms with van der Waals surface area (Å²) in [7, 11) is 0. The molecule has 2 aliphatic heterocycles. The summed E-state index contributed by atoms with van der Waals surface area (Å²) < 4.78 is 6.54. The standard InChI is InChI=1S/C25H22ClNO/c1-15-14-25(2,3)27-20-12-11-19-18-9-4-5-10-21(18)28-24(23(19)22(15)20)16-7-6-8-17(26)13-16/h4-13,24,27H,1,14H2,2-3H3. The number of para-hydroxylation sites is 1. The lowest BCUT2D eigenvalue weighted by Crippen LogP contribution is -2.35. The number of benzene rings is 3. The number of halogens is 1. The normalized spacial score (nSPS) is 19.0. The SMILES string of the molecule is C=C1CC(C)(C)Nc2ccc3c(c21)C(c1cccc(Cl)c1)Oc1ccccc1-3. The highest BCUT2D eigenvalue weighted by molar-refractivity contribution is 6.30. The van der Waals surface area contributed by atoms with Crippen molar-refractivity contribution in [1.29, 1.82) is 0 Å². The fourth-order valence-electron chi connectivity index (χ4n) is 4.52. The first-order chi connectivity index (χ1) is 13.4. The van der Waals surface area contributed by atoms with Crippen molar-refractivity contribution in [2.24, 2.45) is 0 Å². The van der Waals surface area contributed by atoms with E-state index in [1.165, 1.54) is 16.7 Å². The van der Waals surface area contributed by atoms with Gasteiger partial charge in [0.25, 0.3) is 0 Å². The van der Waals surface area contributed by atoms with Gasteiger partial charge in [0.05, 0.1) is 0 Å². The first-order valence-electron chi connectivity index (χ1n) is 9.58. The van der Waals surface area contributed by atoms with Crippen molar-refractivity contribution in [3.8, 4) is 16.9 Å². The average Bonchev–Trinajstić information content (AvgIpc) is 2.65. The van der Waals surface area contributed by atoms with Gasteiger partial charge in [-0.15, -0.1) is 0 Å². The van der Waals surface area contributed by atoms with Gasteiger partial charge < -0.3 is 10.1 Å². The Balaban J connectivity index is 1.80. The average molecular weight is 388 g/mol. The van der Waals surface area contributed by atoms with Gasteiger partial charge in [0.2, 0.25) is 0 Å². The molecule has 2 aliphatic rings. The number of hydrogen-bond acceptors (Lipinski definition) is 2. The van der Waals surface area contributed by atoms with Crippen molar-refractivity contribution in [3.05, 3.63) is 89.0 Å². The van der Waals surface area contributed by atoms with Gasteiger partial charge in [0.15, 0.2) is 6.10 Å². The first-order valence-corrected chi connectivity index (χ1v) is 9.95. The van der Waals surface area contributed by atoms with E-state index in [1.807, 2.05) is 30.3 Å². The van der Waals surface area contributed by atoms with E-state index < -0.39 is 0 Å². The van der Waals surface area contributed by atoms with Gasteiger partial charge in [-0.1, -0.05) is 54.6 Å². The van der Waals surface area contributed by atoms with Gasteiger partial charge in [-0.05, 0) is 61.2 Å². The summed E-state index contributed by atoms with van der Waals surface area (Å²) in [5.74, 6) is 0.898. The number of fused-ring (bicyclic) bond motifs is 5. The molecule has 5 rings (SSSR count). The Morgan fingerprint density at radius 1 is 1.04 bits per heavy atom. The summed E-state index contributed by atoms with van der Waals surface area (Å²) in [5.41, 5.74) is 7.97. The van der Waals surface area contributed by atoms with E-state index in [-0.39, 0.29) is 11.6 Å². The third-order valence-electron chi connectivity index (χ3n) is 5.56. The van der Waals surface area contributed by atoms with Crippen LogP contribution in [0.2, 0.25) is 5.02 Å². The highest BCUT2D eigenvalue weighted by atomic mass is 35.5. The monoisotopic (exact) mass is 387 g/mol. The molecule has 0 saturated heterocycles. The molecule has 1 unspecified atom stereocenters. The second kappa shape index (κ2) is 6.15. The van der Waals surface area contributed by atoms with E-state index in [1.54, 1.807) is 0 Å². The van der Waals surface area contributed by atoms with Gasteiger partial charge in [-0.2, -0.15) is 0 Å². The predicted molar refractivity (Wildman–Crippen MR) is 117 cm³/mol. The molecule has 140 valence electrons. The molecule has 0 aromatic heterocycles. The largest absolute Gasteiger partial charge is 0.480 e. The Kier molecular flexibility index (Phi) is 3.82. The maximum atomic E-state index is 6.54. The van der Waals surface area contributed by atoms with Crippen LogP contribution in [0.4, 0.5) is 5.69 Å². The van der Waals surface area contributed by atoms with Crippen LogP contribution in [-0.4, -0.2) is 5.54 Å². The lowest BCUT2D eigenvalue weighted by atomic mass is 9.78. The van der Waals surface area contributed by atoms with Gasteiger partial charge in [-0.3, -0.25) is 0 Å². The molecule has 0 aliphatic carbocycles. The van der Waals surface area contributed by atoms with Crippen LogP contribution >= 0.6 is 11.6 Å². The molecule has 1 atom stereocenters. The van der Waals surface area contributed by atoms with Gasteiger partial charge in [-0.25, -0.2) is 0 Å². The highest BCUT2D eigenvalue weighted by Gasteiger charge is 2.35. The lowest BCUT2D eigenvalue weighted by Gasteiger charge is -2.39. The van der Waals surface area contributed by atoms with Gasteiger partial charge in [0.1, 0.15) is 5.75 Å². The Bertz CT molecular complexity index is 1120. The third-order valence-corrected chi connectivity index (χ3v) is 5.80. The zero-order chi connectivity index (χ0) is 19.5. The van der Waals surface area contributed by atoms with Crippen LogP contribution in [0.25, 0.3) is 16.7 Å². The summed E-state index contributed by atoms with van der Waals surface area (Å²) in [6.07, 6.45) is 0.665. The second-order valence-corrected chi connectivity index (χ2v) is 8.72. The molecule has 3 heteroatoms. The smallest absolute Gasteiger partial charge is 0.150 e. The number of anilines is 1. The molecule has 3 aromatic rings. The molecule has 28 heavy (non-hydrogen) atoms. The quantitative estimate of drug-likeness (QED) is 0.481. The van der Waals surface area contributed by atoms with Gasteiger partial charge in [0, 0.05) is 32.9 Å². The summed E-state index contributed by atoms with van der Waals surface area (Å²) in [6, 6.07) is 20.6. The highest BCUT2D eigenvalue weighted by Crippen LogP contribution is 2.51. The molecule has 0 saturated carbocycles. The summed E-state index contributed by atoms with van der Waals surface area (Å²) in [4.78, 5) is 0. The van der Waals surface area contributed by atoms with Crippen molar-refractivity contribution >= 4 is 22.9 Å².